The van der Waals surface area contributed by atoms with Crippen LogP contribution >= 0.6 is 0 Å². The number of aliphatic hydroxyl groups is 1. The van der Waals surface area contributed by atoms with Gasteiger partial charge < -0.3 is 15.4 Å². The molecule has 2 heterocycles. The monoisotopic (exact) mass is 269 g/mol. The van der Waals surface area contributed by atoms with Crippen molar-refractivity contribution in [1.82, 2.24) is 9.55 Å². The van der Waals surface area contributed by atoms with Crippen LogP contribution in [0.3, 0.4) is 0 Å². The van der Waals surface area contributed by atoms with E-state index in [0.717, 1.165) is 54.1 Å². The number of aromatic nitrogens is 2. The maximum atomic E-state index is 9.99. The van der Waals surface area contributed by atoms with Gasteiger partial charge in [0.1, 0.15) is 23.0 Å². The number of hydrogen-bond donors (Lipinski definition) is 2. The van der Waals surface area contributed by atoms with Crippen molar-refractivity contribution >= 4 is 5.76 Å². The highest BCUT2D eigenvalue weighted by molar-refractivity contribution is 5.75. The van der Waals surface area contributed by atoms with Crippen molar-refractivity contribution in [3.8, 4) is 11.3 Å². The zero-order chi connectivity index (χ0) is 14.1. The number of imidazole rings is 1. The first-order valence-electron chi connectivity index (χ1n) is 6.98. The smallest absolute Gasteiger partial charge is 0.134 e. The Hall–Kier alpha value is -2.07. The standard InChI is InChI=1S/C16H19N3O/c1-11(20)16-15(13-7-3-2-6-12(13)10-17)18-14-8-4-5-9-19(14)16/h2-3,6-7,20H,1,4-5,8-10,17H2. The normalized spacial score (nSPS) is 14.1. The number of fused-ring (bicyclic) bond motifs is 1. The summed E-state index contributed by atoms with van der Waals surface area (Å²) in [5.74, 6) is 1.11. The number of rotatable bonds is 3. The van der Waals surface area contributed by atoms with Crippen molar-refractivity contribution in [3.05, 3.63) is 47.9 Å². The average Bonchev–Trinajstić information content (AvgIpc) is 2.86. The summed E-state index contributed by atoms with van der Waals surface area (Å²) in [6.07, 6.45) is 3.21. The van der Waals surface area contributed by atoms with Gasteiger partial charge in [-0.1, -0.05) is 30.8 Å². The molecule has 1 aromatic heterocycles. The Bertz CT molecular complexity index is 658. The molecule has 20 heavy (non-hydrogen) atoms. The number of hydrogen-bond acceptors (Lipinski definition) is 3. The third kappa shape index (κ3) is 2.02. The second-order valence-corrected chi connectivity index (χ2v) is 5.14. The predicted octanol–water partition coefficient (Wildman–Crippen LogP) is 2.87. The fourth-order valence-corrected chi connectivity index (χ4v) is 2.89. The molecule has 0 unspecified atom stereocenters. The quantitative estimate of drug-likeness (QED) is 0.842. The Labute approximate surface area is 118 Å². The molecule has 1 aliphatic heterocycles. The van der Waals surface area contributed by atoms with E-state index >= 15 is 0 Å². The molecule has 0 radical (unpaired) electrons. The molecule has 0 amide bonds. The molecule has 0 spiro atoms. The molecule has 3 N–H and O–H groups in total. The first-order chi connectivity index (χ1) is 9.72. The van der Waals surface area contributed by atoms with E-state index < -0.39 is 0 Å². The number of benzene rings is 1. The van der Waals surface area contributed by atoms with Gasteiger partial charge in [0.25, 0.3) is 0 Å². The zero-order valence-electron chi connectivity index (χ0n) is 11.5. The van der Waals surface area contributed by atoms with Gasteiger partial charge in [0, 0.05) is 25.1 Å². The fraction of sp³-hybridized carbons (Fsp3) is 0.312. The van der Waals surface area contributed by atoms with Crippen LogP contribution in [0.5, 0.6) is 0 Å². The van der Waals surface area contributed by atoms with E-state index in [2.05, 4.69) is 11.1 Å². The minimum absolute atomic E-state index is 0.0764. The van der Waals surface area contributed by atoms with Gasteiger partial charge in [-0.25, -0.2) is 4.98 Å². The molecule has 1 aliphatic rings. The van der Waals surface area contributed by atoms with Crippen LogP contribution in [0.15, 0.2) is 30.8 Å². The largest absolute Gasteiger partial charge is 0.506 e. The molecule has 2 aromatic rings. The van der Waals surface area contributed by atoms with Crippen molar-refractivity contribution < 1.29 is 5.11 Å². The van der Waals surface area contributed by atoms with Gasteiger partial charge in [0.05, 0.1) is 0 Å². The number of nitrogens with zero attached hydrogens (tertiary/aromatic N) is 2. The summed E-state index contributed by atoms with van der Waals surface area (Å²) in [6, 6.07) is 7.94. The third-order valence-corrected chi connectivity index (χ3v) is 3.84. The van der Waals surface area contributed by atoms with E-state index in [1.807, 2.05) is 24.3 Å². The van der Waals surface area contributed by atoms with Crippen molar-refractivity contribution in [2.24, 2.45) is 5.73 Å². The summed E-state index contributed by atoms with van der Waals surface area (Å²) in [5.41, 5.74) is 9.38. The van der Waals surface area contributed by atoms with Crippen LogP contribution in [-0.2, 0) is 19.5 Å². The van der Waals surface area contributed by atoms with Crippen LogP contribution in [0.4, 0.5) is 0 Å². The highest BCUT2D eigenvalue weighted by atomic mass is 16.3. The number of aliphatic hydroxyl groups excluding tert-OH is 1. The molecule has 104 valence electrons. The van der Waals surface area contributed by atoms with Crippen molar-refractivity contribution in [3.63, 3.8) is 0 Å². The minimum Gasteiger partial charge on any atom is -0.506 e. The Morgan fingerprint density at radius 1 is 1.35 bits per heavy atom. The Morgan fingerprint density at radius 2 is 2.15 bits per heavy atom. The molecular weight excluding hydrogens is 250 g/mol. The lowest BCUT2D eigenvalue weighted by atomic mass is 10.0. The first kappa shape index (κ1) is 12.9. The Kier molecular flexibility index (Phi) is 3.32. The topological polar surface area (TPSA) is 64.1 Å². The summed E-state index contributed by atoms with van der Waals surface area (Å²) >= 11 is 0. The van der Waals surface area contributed by atoms with Crippen LogP contribution in [-0.4, -0.2) is 14.7 Å². The van der Waals surface area contributed by atoms with Crippen LogP contribution in [0, 0.1) is 0 Å². The number of nitrogens with two attached hydrogens (primary N) is 1. The molecule has 0 fully saturated rings. The minimum atomic E-state index is 0.0764. The van der Waals surface area contributed by atoms with Crippen molar-refractivity contribution in [1.29, 1.82) is 0 Å². The maximum Gasteiger partial charge on any atom is 0.134 e. The van der Waals surface area contributed by atoms with Gasteiger partial charge in [0.15, 0.2) is 0 Å². The van der Waals surface area contributed by atoms with E-state index in [1.54, 1.807) is 0 Å². The molecule has 4 heteroatoms. The van der Waals surface area contributed by atoms with E-state index in [9.17, 15) is 5.11 Å². The molecule has 3 rings (SSSR count). The molecule has 0 atom stereocenters. The van der Waals surface area contributed by atoms with Crippen LogP contribution < -0.4 is 5.73 Å². The fourth-order valence-electron chi connectivity index (χ4n) is 2.89. The summed E-state index contributed by atoms with van der Waals surface area (Å²) in [5, 5.41) is 9.99. The molecule has 0 bridgehead atoms. The van der Waals surface area contributed by atoms with E-state index in [-0.39, 0.29) is 5.76 Å². The van der Waals surface area contributed by atoms with Crippen LogP contribution in [0.1, 0.15) is 29.9 Å². The van der Waals surface area contributed by atoms with Gasteiger partial charge in [-0.05, 0) is 18.4 Å². The third-order valence-electron chi connectivity index (χ3n) is 3.84. The lowest BCUT2D eigenvalue weighted by Gasteiger charge is -2.16. The van der Waals surface area contributed by atoms with Gasteiger partial charge in [-0.15, -0.1) is 0 Å². The average molecular weight is 269 g/mol. The van der Waals surface area contributed by atoms with Crippen LogP contribution in [0.2, 0.25) is 0 Å². The van der Waals surface area contributed by atoms with Crippen molar-refractivity contribution in [2.75, 3.05) is 0 Å². The Balaban J connectivity index is 2.23. The summed E-state index contributed by atoms with van der Waals surface area (Å²) in [6.45, 7) is 5.06. The van der Waals surface area contributed by atoms with Crippen molar-refractivity contribution in [2.45, 2.75) is 32.4 Å². The lowest BCUT2D eigenvalue weighted by molar-refractivity contribution is 0.479. The van der Waals surface area contributed by atoms with E-state index in [4.69, 9.17) is 10.7 Å². The summed E-state index contributed by atoms with van der Waals surface area (Å²) in [7, 11) is 0. The number of aryl methyl sites for hydroxylation is 1. The molecule has 4 nitrogen and oxygen atoms in total. The predicted molar refractivity (Wildman–Crippen MR) is 80.2 cm³/mol. The second kappa shape index (κ2) is 5.13. The van der Waals surface area contributed by atoms with Crippen LogP contribution in [0.25, 0.3) is 17.0 Å². The van der Waals surface area contributed by atoms with Gasteiger partial charge >= 0.3 is 0 Å². The molecule has 1 aromatic carbocycles. The molecule has 0 saturated heterocycles. The van der Waals surface area contributed by atoms with Gasteiger partial charge in [0.2, 0.25) is 0 Å². The second-order valence-electron chi connectivity index (χ2n) is 5.14. The summed E-state index contributed by atoms with van der Waals surface area (Å²) in [4.78, 5) is 4.74. The zero-order valence-corrected chi connectivity index (χ0v) is 11.5. The highest BCUT2D eigenvalue weighted by Crippen LogP contribution is 2.32. The van der Waals surface area contributed by atoms with E-state index in [1.165, 1.54) is 0 Å². The highest BCUT2D eigenvalue weighted by Gasteiger charge is 2.23. The SMILES string of the molecule is C=C(O)c1c(-c2ccccc2CN)nc2n1CCCC2. The molecule has 0 aliphatic carbocycles. The first-order valence-corrected chi connectivity index (χ1v) is 6.98. The van der Waals surface area contributed by atoms with E-state index in [0.29, 0.717) is 6.54 Å². The Morgan fingerprint density at radius 3 is 2.90 bits per heavy atom. The summed E-state index contributed by atoms with van der Waals surface area (Å²) < 4.78 is 2.09. The van der Waals surface area contributed by atoms with Gasteiger partial charge in [-0.2, -0.15) is 0 Å². The maximum absolute atomic E-state index is 9.99. The van der Waals surface area contributed by atoms with Gasteiger partial charge in [-0.3, -0.25) is 0 Å². The molecular formula is C16H19N3O. The molecule has 0 saturated carbocycles. The lowest BCUT2D eigenvalue weighted by Crippen LogP contribution is -2.12.